The molecule has 0 spiro atoms. The molecule has 0 aromatic carbocycles. The summed E-state index contributed by atoms with van der Waals surface area (Å²) < 4.78 is 0. The first kappa shape index (κ1) is 11.5. The molecule has 96 valence electrons. The fraction of sp³-hybridized carbons (Fsp3) is 0.538. The summed E-state index contributed by atoms with van der Waals surface area (Å²) in [6.45, 7) is 0. The van der Waals surface area contributed by atoms with E-state index in [1.165, 1.54) is 12.3 Å². The van der Waals surface area contributed by atoms with E-state index in [1.807, 2.05) is 0 Å². The van der Waals surface area contributed by atoms with Crippen LogP contribution >= 0.6 is 0 Å². The molecule has 2 saturated heterocycles. The Labute approximate surface area is 105 Å². The SMILES string of the molecule is O=C(c1ncccc1O)N1C2CCC1CC(O)C2. The molecule has 2 aliphatic heterocycles. The monoisotopic (exact) mass is 248 g/mol. The quantitative estimate of drug-likeness (QED) is 0.775. The number of fused-ring (bicyclic) bond motifs is 2. The van der Waals surface area contributed by atoms with Gasteiger partial charge in [0.2, 0.25) is 0 Å². The summed E-state index contributed by atoms with van der Waals surface area (Å²) in [4.78, 5) is 18.2. The van der Waals surface area contributed by atoms with Crippen molar-refractivity contribution in [3.8, 4) is 5.75 Å². The number of amides is 1. The fourth-order valence-corrected chi connectivity index (χ4v) is 3.16. The third kappa shape index (κ3) is 1.75. The molecule has 5 heteroatoms. The highest BCUT2D eigenvalue weighted by molar-refractivity contribution is 5.95. The van der Waals surface area contributed by atoms with Gasteiger partial charge in [0.15, 0.2) is 5.69 Å². The highest BCUT2D eigenvalue weighted by Crippen LogP contribution is 2.37. The molecule has 2 N–H and O–H groups in total. The van der Waals surface area contributed by atoms with Crippen molar-refractivity contribution in [2.45, 2.75) is 43.9 Å². The van der Waals surface area contributed by atoms with E-state index < -0.39 is 0 Å². The van der Waals surface area contributed by atoms with E-state index in [0.29, 0.717) is 12.8 Å². The first-order valence-electron chi connectivity index (χ1n) is 6.31. The Bertz CT molecular complexity index is 463. The molecule has 5 nitrogen and oxygen atoms in total. The molecule has 2 bridgehead atoms. The number of aliphatic hydroxyl groups excluding tert-OH is 1. The Morgan fingerprint density at radius 2 is 2.00 bits per heavy atom. The van der Waals surface area contributed by atoms with Gasteiger partial charge in [-0.15, -0.1) is 0 Å². The number of aromatic hydroxyl groups is 1. The molecule has 2 aliphatic rings. The van der Waals surface area contributed by atoms with E-state index in [0.717, 1.165) is 12.8 Å². The smallest absolute Gasteiger partial charge is 0.276 e. The minimum Gasteiger partial charge on any atom is -0.505 e. The molecule has 1 aromatic rings. The number of piperidine rings is 1. The summed E-state index contributed by atoms with van der Waals surface area (Å²) in [5.41, 5.74) is 0.116. The van der Waals surface area contributed by atoms with Gasteiger partial charge in [0.25, 0.3) is 5.91 Å². The number of carbonyl (C=O) groups is 1. The van der Waals surface area contributed by atoms with Gasteiger partial charge in [-0.3, -0.25) is 4.79 Å². The largest absolute Gasteiger partial charge is 0.505 e. The van der Waals surface area contributed by atoms with E-state index in [-0.39, 0.29) is 35.5 Å². The first-order valence-corrected chi connectivity index (χ1v) is 6.31. The number of carbonyl (C=O) groups excluding carboxylic acids is 1. The van der Waals surface area contributed by atoms with Crippen LogP contribution in [-0.4, -0.2) is 44.2 Å². The Hall–Kier alpha value is -1.62. The lowest BCUT2D eigenvalue weighted by atomic mass is 9.99. The van der Waals surface area contributed by atoms with Crippen LogP contribution in [0.1, 0.15) is 36.2 Å². The molecule has 1 amide bonds. The van der Waals surface area contributed by atoms with Crippen LogP contribution < -0.4 is 0 Å². The van der Waals surface area contributed by atoms with Crippen LogP contribution in [0.5, 0.6) is 5.75 Å². The number of nitrogens with zero attached hydrogens (tertiary/aromatic N) is 2. The minimum atomic E-state index is -0.302. The summed E-state index contributed by atoms with van der Waals surface area (Å²) >= 11 is 0. The third-order valence-corrected chi connectivity index (χ3v) is 3.93. The number of rotatable bonds is 1. The Morgan fingerprint density at radius 1 is 1.33 bits per heavy atom. The van der Waals surface area contributed by atoms with Crippen molar-refractivity contribution >= 4 is 5.91 Å². The lowest BCUT2D eigenvalue weighted by Gasteiger charge is -2.37. The van der Waals surface area contributed by atoms with Crippen molar-refractivity contribution in [1.29, 1.82) is 0 Å². The van der Waals surface area contributed by atoms with Crippen LogP contribution in [0, 0.1) is 0 Å². The second kappa shape index (κ2) is 4.24. The normalized spacial score (nSPS) is 30.5. The summed E-state index contributed by atoms with van der Waals surface area (Å²) in [7, 11) is 0. The van der Waals surface area contributed by atoms with E-state index in [9.17, 15) is 15.0 Å². The fourth-order valence-electron chi connectivity index (χ4n) is 3.16. The number of hydrogen-bond donors (Lipinski definition) is 2. The van der Waals surface area contributed by atoms with Crippen molar-refractivity contribution in [2.75, 3.05) is 0 Å². The number of pyridine rings is 1. The van der Waals surface area contributed by atoms with Gasteiger partial charge in [0.1, 0.15) is 5.75 Å². The number of aromatic nitrogens is 1. The molecule has 2 fully saturated rings. The maximum absolute atomic E-state index is 12.4. The highest BCUT2D eigenvalue weighted by Gasteiger charge is 2.43. The molecule has 2 unspecified atom stereocenters. The molecule has 0 aliphatic carbocycles. The molecule has 3 rings (SSSR count). The second-order valence-electron chi connectivity index (χ2n) is 5.09. The van der Waals surface area contributed by atoms with Crippen LogP contribution in [0.2, 0.25) is 0 Å². The summed E-state index contributed by atoms with van der Waals surface area (Å²) in [5.74, 6) is -0.291. The topological polar surface area (TPSA) is 73.7 Å². The Morgan fingerprint density at radius 3 is 2.61 bits per heavy atom. The molecule has 3 heterocycles. The zero-order chi connectivity index (χ0) is 12.7. The zero-order valence-corrected chi connectivity index (χ0v) is 9.99. The Balaban J connectivity index is 1.88. The van der Waals surface area contributed by atoms with Crippen LogP contribution in [0.3, 0.4) is 0 Å². The molecule has 0 saturated carbocycles. The minimum absolute atomic E-state index is 0.0759. The van der Waals surface area contributed by atoms with Gasteiger partial charge < -0.3 is 15.1 Å². The maximum Gasteiger partial charge on any atom is 0.276 e. The van der Waals surface area contributed by atoms with E-state index in [1.54, 1.807) is 11.0 Å². The molecular formula is C13H16N2O3. The second-order valence-corrected chi connectivity index (χ2v) is 5.09. The zero-order valence-electron chi connectivity index (χ0n) is 9.99. The standard InChI is InChI=1S/C13H16N2O3/c16-10-6-8-3-4-9(7-10)15(8)13(18)12-11(17)2-1-5-14-12/h1-2,5,8-10,16-17H,3-4,6-7H2. The van der Waals surface area contributed by atoms with E-state index in [4.69, 9.17) is 0 Å². The number of aliphatic hydroxyl groups is 1. The summed E-state index contributed by atoms with van der Waals surface area (Å²) in [5, 5.41) is 19.4. The van der Waals surface area contributed by atoms with Gasteiger partial charge in [-0.1, -0.05) is 0 Å². The van der Waals surface area contributed by atoms with Gasteiger partial charge in [-0.2, -0.15) is 0 Å². The van der Waals surface area contributed by atoms with Crippen molar-refractivity contribution < 1.29 is 15.0 Å². The van der Waals surface area contributed by atoms with Crippen LogP contribution in [0.15, 0.2) is 18.3 Å². The van der Waals surface area contributed by atoms with Gasteiger partial charge in [0.05, 0.1) is 6.10 Å². The average Bonchev–Trinajstić information content (AvgIpc) is 2.61. The van der Waals surface area contributed by atoms with Crippen molar-refractivity contribution in [1.82, 2.24) is 9.88 Å². The van der Waals surface area contributed by atoms with Gasteiger partial charge in [-0.25, -0.2) is 4.98 Å². The lowest BCUT2D eigenvalue weighted by Crippen LogP contribution is -2.48. The maximum atomic E-state index is 12.4. The number of hydrogen-bond acceptors (Lipinski definition) is 4. The van der Waals surface area contributed by atoms with Crippen LogP contribution in [0.25, 0.3) is 0 Å². The molecule has 0 radical (unpaired) electrons. The highest BCUT2D eigenvalue weighted by atomic mass is 16.3. The third-order valence-electron chi connectivity index (χ3n) is 3.93. The van der Waals surface area contributed by atoms with Crippen LogP contribution in [-0.2, 0) is 0 Å². The summed E-state index contributed by atoms with van der Waals surface area (Å²) in [6.07, 6.45) is 4.34. The van der Waals surface area contributed by atoms with Crippen molar-refractivity contribution in [3.05, 3.63) is 24.0 Å². The molecule has 2 atom stereocenters. The molecule has 1 aromatic heterocycles. The van der Waals surface area contributed by atoms with Crippen molar-refractivity contribution in [2.24, 2.45) is 0 Å². The predicted octanol–water partition coefficient (Wildman–Crippen LogP) is 0.915. The molecule has 18 heavy (non-hydrogen) atoms. The van der Waals surface area contributed by atoms with Crippen molar-refractivity contribution in [3.63, 3.8) is 0 Å². The first-order chi connectivity index (χ1) is 8.66. The van der Waals surface area contributed by atoms with Gasteiger partial charge >= 0.3 is 0 Å². The molecular weight excluding hydrogens is 232 g/mol. The van der Waals surface area contributed by atoms with E-state index in [2.05, 4.69) is 4.98 Å². The van der Waals surface area contributed by atoms with Gasteiger partial charge in [-0.05, 0) is 37.8 Å². The summed E-state index contributed by atoms with van der Waals surface area (Å²) in [6, 6.07) is 3.25. The van der Waals surface area contributed by atoms with Gasteiger partial charge in [0, 0.05) is 18.3 Å². The Kier molecular flexibility index (Phi) is 2.70. The predicted molar refractivity (Wildman–Crippen MR) is 64.1 cm³/mol. The van der Waals surface area contributed by atoms with Crippen LogP contribution in [0.4, 0.5) is 0 Å². The average molecular weight is 248 g/mol. The lowest BCUT2D eigenvalue weighted by molar-refractivity contribution is 0.0280. The van der Waals surface area contributed by atoms with E-state index >= 15 is 0 Å².